The first-order valence-electron chi connectivity index (χ1n) is 4.77. The number of hydrogen-bond acceptors (Lipinski definition) is 5. The van der Waals surface area contributed by atoms with Gasteiger partial charge >= 0.3 is 7.12 Å². The molecule has 0 atom stereocenters. The van der Waals surface area contributed by atoms with E-state index in [1.165, 1.54) is 6.07 Å². The zero-order chi connectivity index (χ0) is 12.4. The highest BCUT2D eigenvalue weighted by Gasteiger charge is 2.22. The summed E-state index contributed by atoms with van der Waals surface area (Å²) in [5.41, 5.74) is 5.91. The molecule has 5 N–H and O–H groups in total. The molecule has 17 heavy (non-hydrogen) atoms. The van der Waals surface area contributed by atoms with Crippen molar-refractivity contribution >= 4 is 18.5 Å². The predicted molar refractivity (Wildman–Crippen MR) is 60.2 cm³/mol. The van der Waals surface area contributed by atoms with E-state index < -0.39 is 13.0 Å². The van der Waals surface area contributed by atoms with Crippen molar-refractivity contribution in [1.29, 1.82) is 0 Å². The Balaban J connectivity index is 2.60. The van der Waals surface area contributed by atoms with Crippen molar-refractivity contribution in [2.24, 2.45) is 5.73 Å². The molecule has 1 heterocycles. The number of nitrogens with zero attached hydrogens (tertiary/aromatic N) is 2. The van der Waals surface area contributed by atoms with Crippen molar-refractivity contribution in [3.8, 4) is 11.3 Å². The highest BCUT2D eigenvalue weighted by atomic mass is 16.4. The number of hydrogen-bond donors (Lipinski definition) is 4. The molecule has 0 fully saturated rings. The van der Waals surface area contributed by atoms with Gasteiger partial charge in [-0.1, -0.05) is 24.3 Å². The van der Waals surface area contributed by atoms with Crippen LogP contribution in [0.3, 0.4) is 0 Å². The predicted octanol–water partition coefficient (Wildman–Crippen LogP) is -1.75. The van der Waals surface area contributed by atoms with Crippen molar-refractivity contribution in [2.75, 3.05) is 0 Å². The number of nitrogens with one attached hydrogen (secondary N) is 1. The van der Waals surface area contributed by atoms with Crippen molar-refractivity contribution in [3.05, 3.63) is 30.0 Å². The maximum atomic E-state index is 11.1. The highest BCUT2D eigenvalue weighted by Crippen LogP contribution is 2.17. The summed E-state index contributed by atoms with van der Waals surface area (Å²) >= 11 is 0. The summed E-state index contributed by atoms with van der Waals surface area (Å²) < 4.78 is 0. The molecule has 7 nitrogen and oxygen atoms in total. The molecule has 2 aromatic rings. The lowest BCUT2D eigenvalue weighted by molar-refractivity contribution is 0.0996. The van der Waals surface area contributed by atoms with E-state index in [1.54, 1.807) is 18.2 Å². The lowest BCUT2D eigenvalue weighted by atomic mass is 9.76. The summed E-state index contributed by atoms with van der Waals surface area (Å²) in [5.74, 6) is -0.740. The van der Waals surface area contributed by atoms with Crippen LogP contribution in [-0.2, 0) is 0 Å². The number of carbonyl (C=O) groups excluding carboxylic acids is 1. The fraction of sp³-hybridized carbons (Fsp3) is 0. The van der Waals surface area contributed by atoms with Gasteiger partial charge in [0.15, 0.2) is 5.69 Å². The quantitative estimate of drug-likeness (QED) is 0.467. The van der Waals surface area contributed by atoms with Crippen LogP contribution in [0.5, 0.6) is 0 Å². The number of carbonyl (C=O) groups is 1. The Bertz CT molecular complexity index is 555. The Labute approximate surface area is 96.4 Å². The van der Waals surface area contributed by atoms with Crippen LogP contribution in [0.4, 0.5) is 0 Å². The normalized spacial score (nSPS) is 10.2. The fourth-order valence-corrected chi connectivity index (χ4v) is 1.53. The van der Waals surface area contributed by atoms with Crippen molar-refractivity contribution in [3.63, 3.8) is 0 Å². The van der Waals surface area contributed by atoms with Gasteiger partial charge in [-0.15, -0.1) is 0 Å². The van der Waals surface area contributed by atoms with E-state index in [4.69, 9.17) is 5.73 Å². The second kappa shape index (κ2) is 4.36. The van der Waals surface area contributed by atoms with E-state index in [0.29, 0.717) is 5.56 Å². The molecule has 1 aromatic carbocycles. The molecule has 0 bridgehead atoms. The van der Waals surface area contributed by atoms with Crippen LogP contribution in [0.15, 0.2) is 24.3 Å². The third-order valence-corrected chi connectivity index (χ3v) is 2.28. The van der Waals surface area contributed by atoms with E-state index in [1.807, 2.05) is 0 Å². The van der Waals surface area contributed by atoms with Gasteiger partial charge in [0.2, 0.25) is 0 Å². The van der Waals surface area contributed by atoms with Gasteiger partial charge < -0.3 is 15.8 Å². The molecule has 1 amide bonds. The van der Waals surface area contributed by atoms with Gasteiger partial charge in [0, 0.05) is 5.56 Å². The van der Waals surface area contributed by atoms with Crippen LogP contribution in [0, 0.1) is 0 Å². The SMILES string of the molecule is NC(=O)c1n[nH]nc1-c1ccccc1B(O)O. The second-order valence-electron chi connectivity index (χ2n) is 3.35. The van der Waals surface area contributed by atoms with Crippen LogP contribution in [0.25, 0.3) is 11.3 Å². The Kier molecular flexibility index (Phi) is 2.90. The Morgan fingerprint density at radius 3 is 2.65 bits per heavy atom. The molecule has 2 rings (SSSR count). The van der Waals surface area contributed by atoms with Crippen molar-refractivity contribution < 1.29 is 14.8 Å². The Hall–Kier alpha value is -2.19. The monoisotopic (exact) mass is 232 g/mol. The van der Waals surface area contributed by atoms with E-state index >= 15 is 0 Å². The number of nitrogens with two attached hydrogens (primary N) is 1. The molecule has 8 heteroatoms. The van der Waals surface area contributed by atoms with Gasteiger partial charge in [-0.2, -0.15) is 15.4 Å². The molecule has 0 spiro atoms. The van der Waals surface area contributed by atoms with Gasteiger partial charge in [0.05, 0.1) is 0 Å². The lowest BCUT2D eigenvalue weighted by Crippen LogP contribution is -2.31. The van der Waals surface area contributed by atoms with Crippen molar-refractivity contribution in [1.82, 2.24) is 15.4 Å². The summed E-state index contributed by atoms with van der Waals surface area (Å²) in [6.45, 7) is 0. The minimum atomic E-state index is -1.66. The molecule has 0 aliphatic heterocycles. The average Bonchev–Trinajstić information content (AvgIpc) is 2.77. The molecule has 1 aromatic heterocycles. The number of primary amides is 1. The van der Waals surface area contributed by atoms with Crippen LogP contribution < -0.4 is 11.2 Å². The van der Waals surface area contributed by atoms with E-state index in [9.17, 15) is 14.8 Å². The molecule has 0 aliphatic carbocycles. The molecular weight excluding hydrogens is 223 g/mol. The maximum absolute atomic E-state index is 11.1. The minimum absolute atomic E-state index is 0.0434. The van der Waals surface area contributed by atoms with E-state index in [2.05, 4.69) is 15.4 Å². The largest absolute Gasteiger partial charge is 0.489 e. The standard InChI is InChI=1S/C9H9BN4O3/c11-9(15)8-7(12-14-13-8)5-3-1-2-4-6(5)10(16)17/h1-4,16-17H,(H2,11,15)(H,12,13,14). The molecular formula is C9H9BN4O3. The first kappa shape index (κ1) is 11.3. The van der Waals surface area contributed by atoms with Crippen LogP contribution in [-0.4, -0.2) is 38.5 Å². The topological polar surface area (TPSA) is 125 Å². The minimum Gasteiger partial charge on any atom is -0.423 e. The number of amides is 1. The molecule has 0 saturated heterocycles. The molecule has 0 unspecified atom stereocenters. The summed E-state index contributed by atoms with van der Waals surface area (Å²) in [6.07, 6.45) is 0. The molecule has 86 valence electrons. The zero-order valence-electron chi connectivity index (χ0n) is 8.66. The van der Waals surface area contributed by atoms with Crippen molar-refractivity contribution in [2.45, 2.75) is 0 Å². The smallest absolute Gasteiger partial charge is 0.423 e. The van der Waals surface area contributed by atoms with Gasteiger partial charge in [0.25, 0.3) is 5.91 Å². The van der Waals surface area contributed by atoms with Crippen LogP contribution >= 0.6 is 0 Å². The van der Waals surface area contributed by atoms with E-state index in [-0.39, 0.29) is 16.9 Å². The van der Waals surface area contributed by atoms with Gasteiger partial charge in [-0.3, -0.25) is 4.79 Å². The highest BCUT2D eigenvalue weighted by molar-refractivity contribution is 6.60. The molecule has 0 radical (unpaired) electrons. The van der Waals surface area contributed by atoms with Crippen LogP contribution in [0.1, 0.15) is 10.5 Å². The number of H-pyrrole nitrogens is 1. The Morgan fingerprint density at radius 2 is 2.00 bits per heavy atom. The average molecular weight is 232 g/mol. The first-order valence-corrected chi connectivity index (χ1v) is 4.77. The molecule has 0 saturated carbocycles. The van der Waals surface area contributed by atoms with Gasteiger partial charge in [0.1, 0.15) is 5.69 Å². The summed E-state index contributed by atoms with van der Waals surface area (Å²) in [7, 11) is -1.66. The maximum Gasteiger partial charge on any atom is 0.489 e. The molecule has 0 aliphatic rings. The number of aromatic amines is 1. The lowest BCUT2D eigenvalue weighted by Gasteiger charge is -2.06. The summed E-state index contributed by atoms with van der Waals surface area (Å²) in [5, 5.41) is 28.1. The van der Waals surface area contributed by atoms with Crippen LogP contribution in [0.2, 0.25) is 0 Å². The Morgan fingerprint density at radius 1 is 1.29 bits per heavy atom. The van der Waals surface area contributed by atoms with Gasteiger partial charge in [-0.25, -0.2) is 0 Å². The fourth-order valence-electron chi connectivity index (χ4n) is 1.53. The third kappa shape index (κ3) is 2.03. The summed E-state index contributed by atoms with van der Waals surface area (Å²) in [6, 6.07) is 6.43. The third-order valence-electron chi connectivity index (χ3n) is 2.28. The first-order chi connectivity index (χ1) is 8.11. The second-order valence-corrected chi connectivity index (χ2v) is 3.35. The number of rotatable bonds is 3. The zero-order valence-corrected chi connectivity index (χ0v) is 8.66. The summed E-state index contributed by atoms with van der Waals surface area (Å²) in [4.78, 5) is 11.1. The van der Waals surface area contributed by atoms with E-state index in [0.717, 1.165) is 0 Å². The number of benzene rings is 1. The number of aromatic nitrogens is 3. The van der Waals surface area contributed by atoms with Gasteiger partial charge in [-0.05, 0) is 5.46 Å².